The van der Waals surface area contributed by atoms with Gasteiger partial charge in [0.1, 0.15) is 0 Å². The van der Waals surface area contributed by atoms with Crippen LogP contribution in [0.5, 0.6) is 0 Å². The van der Waals surface area contributed by atoms with Crippen molar-refractivity contribution >= 4 is 35.6 Å². The Morgan fingerprint density at radius 3 is 2.35 bits per heavy atom. The molecule has 2 fully saturated rings. The SMILES string of the molecule is CC(C)(CN=C(Nc1ccccc1)N1CCCCC1)N1CCOCC1.I. The molecule has 5 nitrogen and oxygen atoms in total. The van der Waals surface area contributed by atoms with Crippen molar-refractivity contribution in [3.63, 3.8) is 0 Å². The Hall–Kier alpha value is -0.860. The normalized spacial score (nSPS) is 19.8. The zero-order valence-corrected chi connectivity index (χ0v) is 18.4. The fourth-order valence-electron chi connectivity index (χ4n) is 3.51. The van der Waals surface area contributed by atoms with Crippen molar-refractivity contribution in [3.8, 4) is 0 Å². The van der Waals surface area contributed by atoms with Gasteiger partial charge in [-0.25, -0.2) is 0 Å². The number of nitrogens with zero attached hydrogens (tertiary/aromatic N) is 3. The topological polar surface area (TPSA) is 40.1 Å². The number of morpholine rings is 1. The van der Waals surface area contributed by atoms with E-state index in [1.54, 1.807) is 0 Å². The third kappa shape index (κ3) is 6.09. The molecule has 1 aromatic carbocycles. The zero-order valence-electron chi connectivity index (χ0n) is 16.1. The van der Waals surface area contributed by atoms with Gasteiger partial charge in [0, 0.05) is 37.4 Å². The summed E-state index contributed by atoms with van der Waals surface area (Å²) in [5, 5.41) is 3.56. The lowest BCUT2D eigenvalue weighted by molar-refractivity contribution is -0.00687. The van der Waals surface area contributed by atoms with Gasteiger partial charge in [0.25, 0.3) is 0 Å². The van der Waals surface area contributed by atoms with Gasteiger partial charge in [-0.2, -0.15) is 0 Å². The lowest BCUT2D eigenvalue weighted by Crippen LogP contribution is -2.52. The van der Waals surface area contributed by atoms with Gasteiger partial charge in [0.05, 0.1) is 19.8 Å². The van der Waals surface area contributed by atoms with E-state index in [-0.39, 0.29) is 29.5 Å². The number of ether oxygens (including phenoxy) is 1. The second kappa shape index (κ2) is 10.5. The third-order valence-electron chi connectivity index (χ3n) is 5.17. The molecule has 0 saturated carbocycles. The summed E-state index contributed by atoms with van der Waals surface area (Å²) in [4.78, 5) is 9.94. The monoisotopic (exact) mass is 472 g/mol. The largest absolute Gasteiger partial charge is 0.379 e. The summed E-state index contributed by atoms with van der Waals surface area (Å²) in [7, 11) is 0. The number of nitrogens with one attached hydrogen (secondary N) is 1. The number of benzene rings is 1. The number of likely N-dealkylation sites (tertiary alicyclic amines) is 1. The molecule has 0 aromatic heterocycles. The van der Waals surface area contributed by atoms with Gasteiger partial charge in [-0.05, 0) is 45.2 Å². The van der Waals surface area contributed by atoms with Crippen LogP contribution in [0, 0.1) is 0 Å². The number of hydrogen-bond acceptors (Lipinski definition) is 3. The van der Waals surface area contributed by atoms with Gasteiger partial charge in [-0.1, -0.05) is 18.2 Å². The van der Waals surface area contributed by atoms with Crippen molar-refractivity contribution in [2.24, 2.45) is 4.99 Å². The summed E-state index contributed by atoms with van der Waals surface area (Å²) < 4.78 is 5.50. The Kier molecular flexibility index (Phi) is 8.63. The number of para-hydroxylation sites is 1. The predicted molar refractivity (Wildman–Crippen MR) is 120 cm³/mol. The molecule has 0 atom stereocenters. The number of halogens is 1. The average molecular weight is 472 g/mol. The fourth-order valence-corrected chi connectivity index (χ4v) is 3.51. The Balaban J connectivity index is 0.00000243. The minimum atomic E-state index is 0. The Labute approximate surface area is 175 Å². The summed E-state index contributed by atoms with van der Waals surface area (Å²) in [6.45, 7) is 11.2. The number of guanidine groups is 1. The van der Waals surface area contributed by atoms with E-state index in [1.807, 2.05) is 6.07 Å². The third-order valence-corrected chi connectivity index (χ3v) is 5.17. The maximum Gasteiger partial charge on any atom is 0.198 e. The van der Waals surface area contributed by atoms with E-state index in [9.17, 15) is 0 Å². The summed E-state index contributed by atoms with van der Waals surface area (Å²) >= 11 is 0. The first-order valence-corrected chi connectivity index (χ1v) is 9.59. The highest BCUT2D eigenvalue weighted by Gasteiger charge is 2.28. The van der Waals surface area contributed by atoms with Gasteiger partial charge < -0.3 is 15.0 Å². The second-order valence-corrected chi connectivity index (χ2v) is 7.59. The maximum atomic E-state index is 5.50. The van der Waals surface area contributed by atoms with E-state index in [0.717, 1.165) is 57.6 Å². The van der Waals surface area contributed by atoms with E-state index >= 15 is 0 Å². The molecular weight excluding hydrogens is 439 g/mol. The van der Waals surface area contributed by atoms with Crippen LogP contribution in [0.4, 0.5) is 5.69 Å². The standard InChI is InChI=1S/C20H32N4O.HI/c1-20(2,24-13-15-25-16-14-24)17-21-19(23-11-7-4-8-12-23)22-18-9-5-3-6-10-18;/h3,5-6,9-10H,4,7-8,11-17H2,1-2H3,(H,21,22);1H. The molecule has 2 heterocycles. The molecular formula is C20H33IN4O. The molecule has 2 saturated heterocycles. The lowest BCUT2D eigenvalue weighted by atomic mass is 10.0. The molecule has 0 aliphatic carbocycles. The Morgan fingerprint density at radius 1 is 1.04 bits per heavy atom. The first kappa shape index (κ1) is 21.4. The molecule has 1 aromatic rings. The van der Waals surface area contributed by atoms with Gasteiger partial charge in [0.2, 0.25) is 0 Å². The maximum absolute atomic E-state index is 5.50. The molecule has 2 aliphatic heterocycles. The molecule has 26 heavy (non-hydrogen) atoms. The van der Waals surface area contributed by atoms with Gasteiger partial charge >= 0.3 is 0 Å². The summed E-state index contributed by atoms with van der Waals surface area (Å²) in [5.41, 5.74) is 1.15. The Bertz CT molecular complexity index is 552. The van der Waals surface area contributed by atoms with Crippen molar-refractivity contribution in [1.82, 2.24) is 9.80 Å². The zero-order chi connectivity index (χ0) is 17.5. The van der Waals surface area contributed by atoms with Crippen LogP contribution in [0.3, 0.4) is 0 Å². The highest BCUT2D eigenvalue weighted by atomic mass is 127. The molecule has 0 amide bonds. The average Bonchev–Trinajstić information content (AvgIpc) is 2.67. The van der Waals surface area contributed by atoms with Crippen molar-refractivity contribution in [2.75, 3.05) is 51.3 Å². The number of piperidine rings is 1. The van der Waals surface area contributed by atoms with Crippen molar-refractivity contribution in [3.05, 3.63) is 30.3 Å². The van der Waals surface area contributed by atoms with Crippen molar-refractivity contribution < 1.29 is 4.74 Å². The van der Waals surface area contributed by atoms with E-state index in [4.69, 9.17) is 9.73 Å². The van der Waals surface area contributed by atoms with Crippen molar-refractivity contribution in [2.45, 2.75) is 38.6 Å². The highest BCUT2D eigenvalue weighted by Crippen LogP contribution is 2.18. The Morgan fingerprint density at radius 2 is 1.69 bits per heavy atom. The summed E-state index contributed by atoms with van der Waals surface area (Å²) in [6, 6.07) is 10.4. The van der Waals surface area contributed by atoms with Crippen molar-refractivity contribution in [1.29, 1.82) is 0 Å². The quantitative estimate of drug-likeness (QED) is 0.413. The molecule has 146 valence electrons. The lowest BCUT2D eigenvalue weighted by Gasteiger charge is -2.40. The van der Waals surface area contributed by atoms with E-state index in [0.29, 0.717) is 0 Å². The molecule has 0 bridgehead atoms. The molecule has 6 heteroatoms. The van der Waals surface area contributed by atoms with Crippen LogP contribution in [0.15, 0.2) is 35.3 Å². The molecule has 0 spiro atoms. The van der Waals surface area contributed by atoms with Crippen LogP contribution in [-0.2, 0) is 4.74 Å². The van der Waals surface area contributed by atoms with E-state index < -0.39 is 0 Å². The van der Waals surface area contributed by atoms with Gasteiger partial charge in [0.15, 0.2) is 5.96 Å². The number of aliphatic imine (C=N–C) groups is 1. The molecule has 2 aliphatic rings. The highest BCUT2D eigenvalue weighted by molar-refractivity contribution is 14.0. The molecule has 3 rings (SSSR count). The van der Waals surface area contributed by atoms with Gasteiger partial charge in [-0.15, -0.1) is 24.0 Å². The first-order chi connectivity index (χ1) is 12.1. The second-order valence-electron chi connectivity index (χ2n) is 7.59. The van der Waals surface area contributed by atoms with Crippen LogP contribution in [0.1, 0.15) is 33.1 Å². The smallest absolute Gasteiger partial charge is 0.198 e. The molecule has 0 radical (unpaired) electrons. The first-order valence-electron chi connectivity index (χ1n) is 9.59. The van der Waals surface area contributed by atoms with Crippen LogP contribution < -0.4 is 5.32 Å². The number of hydrogen-bond donors (Lipinski definition) is 1. The number of rotatable bonds is 4. The van der Waals surface area contributed by atoms with Gasteiger partial charge in [-0.3, -0.25) is 9.89 Å². The van der Waals surface area contributed by atoms with Crippen LogP contribution >= 0.6 is 24.0 Å². The van der Waals surface area contributed by atoms with Crippen LogP contribution in [0.25, 0.3) is 0 Å². The predicted octanol–water partition coefficient (Wildman–Crippen LogP) is 3.67. The fraction of sp³-hybridized carbons (Fsp3) is 0.650. The minimum absolute atomic E-state index is 0. The van der Waals surface area contributed by atoms with Crippen LogP contribution in [-0.4, -0.2) is 67.2 Å². The van der Waals surface area contributed by atoms with E-state index in [2.05, 4.69) is 53.2 Å². The summed E-state index contributed by atoms with van der Waals surface area (Å²) in [6.07, 6.45) is 3.83. The molecule has 0 unspecified atom stereocenters. The van der Waals surface area contributed by atoms with E-state index in [1.165, 1.54) is 19.3 Å². The number of anilines is 1. The van der Waals surface area contributed by atoms with Crippen LogP contribution in [0.2, 0.25) is 0 Å². The summed E-state index contributed by atoms with van der Waals surface area (Å²) in [5.74, 6) is 1.02. The molecule has 1 N–H and O–H groups in total. The minimum Gasteiger partial charge on any atom is -0.379 e.